The smallest absolute Gasteiger partial charge is 0.235 e. The highest BCUT2D eigenvalue weighted by Gasteiger charge is 2.56. The molecule has 0 heterocycles. The molecule has 3 aromatic carbocycles. The van der Waals surface area contributed by atoms with Crippen LogP contribution in [-0.4, -0.2) is 42.5 Å². The molecule has 8 heteroatoms. The van der Waals surface area contributed by atoms with E-state index >= 15 is 0 Å². The van der Waals surface area contributed by atoms with Gasteiger partial charge in [-0.25, -0.2) is 0 Å². The highest BCUT2D eigenvalue weighted by molar-refractivity contribution is 6.11. The first-order chi connectivity index (χ1) is 18.2. The number of carbonyl (C=O) groups is 3. The number of carbonyl (C=O) groups excluding carboxylic acids is 3. The van der Waals surface area contributed by atoms with Crippen molar-refractivity contribution in [3.8, 4) is 11.5 Å². The van der Waals surface area contributed by atoms with Crippen LogP contribution in [0.25, 0.3) is 0 Å². The number of ether oxygens (including phenoxy) is 2. The van der Waals surface area contributed by atoms with Crippen LogP contribution >= 0.6 is 0 Å². The summed E-state index contributed by atoms with van der Waals surface area (Å²) in [5.41, 5.74) is 0.699. The molecule has 0 radical (unpaired) electrons. The molecule has 3 N–H and O–H groups in total. The number of hydrogen-bond donors (Lipinski definition) is 3. The van der Waals surface area contributed by atoms with E-state index in [1.54, 1.807) is 60.7 Å². The topological polar surface area (TPSA) is 114 Å². The van der Waals surface area contributed by atoms with Crippen molar-refractivity contribution >= 4 is 29.0 Å². The Balaban J connectivity index is 1.78. The van der Waals surface area contributed by atoms with E-state index in [9.17, 15) is 19.5 Å². The number of hydrogen-bond acceptors (Lipinski definition) is 6. The van der Waals surface area contributed by atoms with Crippen LogP contribution in [0.15, 0.2) is 72.8 Å². The molecule has 1 aliphatic rings. The minimum Gasteiger partial charge on any atom is -0.495 e. The number of nitrogens with one attached hydrogen (secondary N) is 2. The Hall–Kier alpha value is -4.17. The summed E-state index contributed by atoms with van der Waals surface area (Å²) in [6, 6.07) is 21.1. The Labute approximate surface area is 222 Å². The average Bonchev–Trinajstić information content (AvgIpc) is 2.88. The van der Waals surface area contributed by atoms with Gasteiger partial charge in [0.1, 0.15) is 23.2 Å². The molecule has 1 saturated carbocycles. The number of Topliss-reactive ketones (excluding diaryl/α,β-unsaturated/α-hetero) is 1. The molecule has 0 aromatic heterocycles. The lowest BCUT2D eigenvalue weighted by molar-refractivity contribution is -0.150. The van der Waals surface area contributed by atoms with E-state index in [1.807, 2.05) is 19.1 Å². The molecular weight excluding hydrogens is 484 g/mol. The fraction of sp³-hybridized carbons (Fsp3) is 0.300. The van der Waals surface area contributed by atoms with Crippen molar-refractivity contribution in [2.24, 2.45) is 11.8 Å². The van der Waals surface area contributed by atoms with Crippen LogP contribution in [0.3, 0.4) is 0 Å². The van der Waals surface area contributed by atoms with Gasteiger partial charge in [0.05, 0.1) is 37.1 Å². The molecule has 1 fully saturated rings. The molecule has 3 aromatic rings. The van der Waals surface area contributed by atoms with Gasteiger partial charge in [-0.05, 0) is 43.7 Å². The van der Waals surface area contributed by atoms with Crippen molar-refractivity contribution in [2.75, 3.05) is 24.9 Å². The van der Waals surface area contributed by atoms with Crippen molar-refractivity contribution in [1.82, 2.24) is 0 Å². The zero-order chi connectivity index (χ0) is 27.4. The fourth-order valence-corrected chi connectivity index (χ4v) is 5.20. The number of rotatable bonds is 7. The lowest BCUT2D eigenvalue weighted by atomic mass is 9.61. The van der Waals surface area contributed by atoms with Gasteiger partial charge in [0.15, 0.2) is 0 Å². The second kappa shape index (κ2) is 11.1. The van der Waals surface area contributed by atoms with Gasteiger partial charge in [-0.1, -0.05) is 54.1 Å². The quantitative estimate of drug-likeness (QED) is 0.403. The number of benzene rings is 3. The highest BCUT2D eigenvalue weighted by Crippen LogP contribution is 2.47. The number of para-hydroxylation sites is 4. The summed E-state index contributed by atoms with van der Waals surface area (Å²) in [6.07, 6.45) is -0.358. The summed E-state index contributed by atoms with van der Waals surface area (Å²) >= 11 is 0. The first-order valence-electron chi connectivity index (χ1n) is 12.4. The first-order valence-corrected chi connectivity index (χ1v) is 12.4. The Kier molecular flexibility index (Phi) is 7.83. The van der Waals surface area contributed by atoms with E-state index in [2.05, 4.69) is 10.6 Å². The summed E-state index contributed by atoms with van der Waals surface area (Å²) in [6.45, 7) is 3.39. The molecule has 38 heavy (non-hydrogen) atoms. The van der Waals surface area contributed by atoms with Crippen molar-refractivity contribution in [3.63, 3.8) is 0 Å². The lowest BCUT2D eigenvalue weighted by Gasteiger charge is -2.44. The number of ketones is 1. The van der Waals surface area contributed by atoms with Crippen LogP contribution < -0.4 is 20.1 Å². The van der Waals surface area contributed by atoms with Crippen LogP contribution in [0.2, 0.25) is 0 Å². The van der Waals surface area contributed by atoms with Crippen molar-refractivity contribution in [2.45, 2.75) is 31.8 Å². The third-order valence-electron chi connectivity index (χ3n) is 7.02. The normalized spacial score (nSPS) is 22.9. The van der Waals surface area contributed by atoms with Crippen LogP contribution in [-0.2, 0) is 14.4 Å². The van der Waals surface area contributed by atoms with E-state index < -0.39 is 41.0 Å². The lowest BCUT2D eigenvalue weighted by Crippen LogP contribution is -2.56. The van der Waals surface area contributed by atoms with E-state index in [-0.39, 0.29) is 6.42 Å². The van der Waals surface area contributed by atoms with Gasteiger partial charge in [-0.2, -0.15) is 0 Å². The maximum atomic E-state index is 13.8. The Morgan fingerprint density at radius 3 is 1.87 bits per heavy atom. The maximum absolute atomic E-state index is 13.8. The molecule has 1 aliphatic carbocycles. The van der Waals surface area contributed by atoms with Gasteiger partial charge in [0, 0.05) is 12.3 Å². The van der Waals surface area contributed by atoms with Crippen LogP contribution in [0.1, 0.15) is 30.4 Å². The molecule has 4 atom stereocenters. The Bertz CT molecular complexity index is 1330. The van der Waals surface area contributed by atoms with Crippen molar-refractivity contribution in [1.29, 1.82) is 0 Å². The Morgan fingerprint density at radius 2 is 1.34 bits per heavy atom. The van der Waals surface area contributed by atoms with Crippen LogP contribution in [0, 0.1) is 18.8 Å². The molecule has 0 aliphatic heterocycles. The highest BCUT2D eigenvalue weighted by atomic mass is 16.5. The molecule has 198 valence electrons. The second-order valence-corrected chi connectivity index (χ2v) is 9.77. The third kappa shape index (κ3) is 5.40. The van der Waals surface area contributed by atoms with E-state index in [4.69, 9.17) is 9.47 Å². The molecular formula is C30H32N2O6. The van der Waals surface area contributed by atoms with Gasteiger partial charge >= 0.3 is 0 Å². The Morgan fingerprint density at radius 1 is 0.842 bits per heavy atom. The predicted molar refractivity (Wildman–Crippen MR) is 144 cm³/mol. The number of amides is 2. The van der Waals surface area contributed by atoms with Gasteiger partial charge in [0.25, 0.3) is 0 Å². The van der Waals surface area contributed by atoms with Crippen LogP contribution in [0.4, 0.5) is 11.4 Å². The van der Waals surface area contributed by atoms with E-state index in [1.165, 1.54) is 21.1 Å². The zero-order valence-corrected chi connectivity index (χ0v) is 21.9. The van der Waals surface area contributed by atoms with E-state index in [0.29, 0.717) is 28.4 Å². The van der Waals surface area contributed by atoms with Crippen LogP contribution in [0.5, 0.6) is 11.5 Å². The molecule has 2 amide bonds. The minimum atomic E-state index is -1.71. The average molecular weight is 517 g/mol. The molecule has 0 unspecified atom stereocenters. The molecule has 0 saturated heterocycles. The predicted octanol–water partition coefficient (Wildman–Crippen LogP) is 4.33. The number of anilines is 2. The van der Waals surface area contributed by atoms with Gasteiger partial charge < -0.3 is 25.2 Å². The number of aryl methyl sites for hydroxylation is 1. The van der Waals surface area contributed by atoms with Gasteiger partial charge in [-0.15, -0.1) is 0 Å². The standard InChI is InChI=1S/C30H32N2O6/c1-18-13-15-19(16-14-18)25-26(28(34)31-20-9-5-7-11-23(20)37-3)22(33)17-30(2,36)27(25)29(35)32-21-10-6-8-12-24(21)38-4/h5-16,25-27,36H,17H2,1-4H3,(H,31,34)(H,32,35)/t25-,26+,27+,30-/m1/s1. The first kappa shape index (κ1) is 26.9. The summed E-state index contributed by atoms with van der Waals surface area (Å²) in [7, 11) is 2.98. The summed E-state index contributed by atoms with van der Waals surface area (Å²) in [4.78, 5) is 41.0. The molecule has 0 spiro atoms. The summed E-state index contributed by atoms with van der Waals surface area (Å²) < 4.78 is 10.7. The minimum absolute atomic E-state index is 0.358. The van der Waals surface area contributed by atoms with Crippen molar-refractivity contribution < 1.29 is 29.0 Å². The number of methoxy groups -OCH3 is 2. The summed E-state index contributed by atoms with van der Waals surface area (Å²) in [5.74, 6) is -3.94. The van der Waals surface area contributed by atoms with Crippen molar-refractivity contribution in [3.05, 3.63) is 83.9 Å². The largest absolute Gasteiger partial charge is 0.495 e. The molecule has 0 bridgehead atoms. The summed E-state index contributed by atoms with van der Waals surface area (Å²) in [5, 5.41) is 17.1. The van der Waals surface area contributed by atoms with Gasteiger partial charge in [0.2, 0.25) is 11.8 Å². The van der Waals surface area contributed by atoms with Gasteiger partial charge in [-0.3, -0.25) is 14.4 Å². The van der Waals surface area contributed by atoms with E-state index in [0.717, 1.165) is 5.56 Å². The molecule has 4 rings (SSSR count). The second-order valence-electron chi connectivity index (χ2n) is 9.77. The fourth-order valence-electron chi connectivity index (χ4n) is 5.20. The number of aliphatic hydroxyl groups is 1. The molecule has 8 nitrogen and oxygen atoms in total. The SMILES string of the molecule is COc1ccccc1NC(=O)[C@H]1C(=O)C[C@@](C)(O)[C@H](C(=O)Nc2ccccc2OC)[C@@H]1c1ccc(C)cc1. The zero-order valence-electron chi connectivity index (χ0n) is 21.9. The third-order valence-corrected chi connectivity index (χ3v) is 7.02. The monoisotopic (exact) mass is 516 g/mol. The maximum Gasteiger partial charge on any atom is 0.235 e.